The van der Waals surface area contributed by atoms with Crippen molar-refractivity contribution < 1.29 is 14.3 Å². The van der Waals surface area contributed by atoms with E-state index in [2.05, 4.69) is 5.32 Å². The van der Waals surface area contributed by atoms with Gasteiger partial charge in [0.25, 0.3) is 5.91 Å². The van der Waals surface area contributed by atoms with Crippen LogP contribution >= 0.6 is 0 Å². The number of esters is 1. The number of carbonyl (C=O) groups excluding carboxylic acids is 2. The van der Waals surface area contributed by atoms with Gasteiger partial charge in [-0.25, -0.2) is 4.79 Å². The molecule has 3 rings (SSSR count). The summed E-state index contributed by atoms with van der Waals surface area (Å²) < 4.78 is 4.78. The number of benzene rings is 1. The van der Waals surface area contributed by atoms with Crippen molar-refractivity contribution in [2.75, 3.05) is 25.5 Å². The molecule has 1 saturated heterocycles. The Kier molecular flexibility index (Phi) is 3.34. The predicted octanol–water partition coefficient (Wildman–Crippen LogP) is 1.43. The van der Waals surface area contributed by atoms with Crippen molar-refractivity contribution >= 4 is 17.6 Å². The van der Waals surface area contributed by atoms with Crippen LogP contribution in [0.25, 0.3) is 0 Å². The van der Waals surface area contributed by atoms with Crippen LogP contribution in [-0.2, 0) is 16.0 Å². The first-order chi connectivity index (χ1) is 9.70. The minimum atomic E-state index is -0.432. The molecule has 0 aromatic heterocycles. The molecule has 0 spiro atoms. The highest BCUT2D eigenvalue weighted by Crippen LogP contribution is 2.26. The highest BCUT2D eigenvalue weighted by atomic mass is 16.5. The molecule has 106 valence electrons. The number of hydrogen-bond donors (Lipinski definition) is 1. The molecule has 1 unspecified atom stereocenters. The maximum Gasteiger partial charge on any atom is 0.328 e. The predicted molar refractivity (Wildman–Crippen MR) is 74.7 cm³/mol. The van der Waals surface area contributed by atoms with Crippen LogP contribution in [-0.4, -0.2) is 43.0 Å². The van der Waals surface area contributed by atoms with Gasteiger partial charge in [0.15, 0.2) is 0 Å². The first-order valence-corrected chi connectivity index (χ1v) is 6.96. The van der Waals surface area contributed by atoms with Gasteiger partial charge in [0, 0.05) is 24.3 Å². The summed E-state index contributed by atoms with van der Waals surface area (Å²) in [7, 11) is 1.37. The summed E-state index contributed by atoms with van der Waals surface area (Å²) in [5.74, 6) is -0.397. The van der Waals surface area contributed by atoms with E-state index in [1.54, 1.807) is 4.90 Å². The van der Waals surface area contributed by atoms with Gasteiger partial charge >= 0.3 is 5.97 Å². The molecule has 0 radical (unpaired) electrons. The van der Waals surface area contributed by atoms with E-state index in [9.17, 15) is 9.59 Å². The van der Waals surface area contributed by atoms with E-state index >= 15 is 0 Å². The van der Waals surface area contributed by atoms with Crippen LogP contribution in [0.1, 0.15) is 28.8 Å². The molecule has 0 aliphatic carbocycles. The first kappa shape index (κ1) is 13.0. The summed E-state index contributed by atoms with van der Waals surface area (Å²) >= 11 is 0. The molecule has 1 aromatic carbocycles. The molecule has 1 aromatic rings. The smallest absolute Gasteiger partial charge is 0.328 e. The molecule has 1 amide bonds. The molecule has 2 aliphatic rings. The highest BCUT2D eigenvalue weighted by Gasteiger charge is 2.35. The van der Waals surface area contributed by atoms with Crippen molar-refractivity contribution in [3.05, 3.63) is 29.3 Å². The Labute approximate surface area is 117 Å². The maximum absolute atomic E-state index is 12.6. The Hall–Kier alpha value is -2.04. The zero-order valence-electron chi connectivity index (χ0n) is 11.5. The van der Waals surface area contributed by atoms with Gasteiger partial charge in [-0.1, -0.05) is 0 Å². The summed E-state index contributed by atoms with van der Waals surface area (Å²) in [4.78, 5) is 25.9. The number of rotatable bonds is 2. The Balaban J connectivity index is 1.83. The van der Waals surface area contributed by atoms with Crippen LogP contribution < -0.4 is 5.32 Å². The minimum Gasteiger partial charge on any atom is -0.467 e. The molecule has 5 heteroatoms. The van der Waals surface area contributed by atoms with Gasteiger partial charge in [0.05, 0.1) is 7.11 Å². The Morgan fingerprint density at radius 3 is 3.05 bits per heavy atom. The van der Waals surface area contributed by atoms with E-state index in [0.717, 1.165) is 25.1 Å². The number of likely N-dealkylation sites (tertiary alicyclic amines) is 1. The van der Waals surface area contributed by atoms with Crippen molar-refractivity contribution in [3.63, 3.8) is 0 Å². The topological polar surface area (TPSA) is 58.6 Å². The number of carbonyl (C=O) groups is 2. The van der Waals surface area contributed by atoms with Gasteiger partial charge < -0.3 is 15.0 Å². The van der Waals surface area contributed by atoms with E-state index in [1.807, 2.05) is 18.2 Å². The summed E-state index contributed by atoms with van der Waals surface area (Å²) in [6, 6.07) is 5.27. The molecule has 5 nitrogen and oxygen atoms in total. The molecule has 0 saturated carbocycles. The van der Waals surface area contributed by atoms with Crippen molar-refractivity contribution in [1.82, 2.24) is 4.90 Å². The molecule has 2 aliphatic heterocycles. The Morgan fingerprint density at radius 1 is 1.40 bits per heavy atom. The van der Waals surface area contributed by atoms with E-state index in [1.165, 1.54) is 12.7 Å². The highest BCUT2D eigenvalue weighted by molar-refractivity contribution is 5.97. The summed E-state index contributed by atoms with van der Waals surface area (Å²) in [6.45, 7) is 1.54. The quantitative estimate of drug-likeness (QED) is 0.829. The maximum atomic E-state index is 12.6. The largest absolute Gasteiger partial charge is 0.467 e. The lowest BCUT2D eigenvalue weighted by atomic mass is 10.1. The number of nitrogens with zero attached hydrogens (tertiary/aromatic N) is 1. The second-order valence-electron chi connectivity index (χ2n) is 5.23. The molecule has 0 bridgehead atoms. The second kappa shape index (κ2) is 5.15. The fraction of sp³-hybridized carbons (Fsp3) is 0.467. The van der Waals surface area contributed by atoms with Crippen molar-refractivity contribution in [2.45, 2.75) is 25.3 Å². The lowest BCUT2D eigenvalue weighted by Gasteiger charge is -2.22. The van der Waals surface area contributed by atoms with Gasteiger partial charge in [0.2, 0.25) is 0 Å². The first-order valence-electron chi connectivity index (χ1n) is 6.96. The van der Waals surface area contributed by atoms with E-state index in [0.29, 0.717) is 18.5 Å². The number of amides is 1. The van der Waals surface area contributed by atoms with Gasteiger partial charge in [0.1, 0.15) is 6.04 Å². The zero-order valence-corrected chi connectivity index (χ0v) is 11.5. The van der Waals surface area contributed by atoms with Gasteiger partial charge in [-0.15, -0.1) is 0 Å². The third-order valence-electron chi connectivity index (χ3n) is 4.05. The van der Waals surface area contributed by atoms with Crippen LogP contribution in [0.5, 0.6) is 0 Å². The molecule has 1 fully saturated rings. The van der Waals surface area contributed by atoms with Crippen LogP contribution in [0.2, 0.25) is 0 Å². The molecular weight excluding hydrogens is 256 g/mol. The second-order valence-corrected chi connectivity index (χ2v) is 5.23. The zero-order chi connectivity index (χ0) is 14.1. The average Bonchev–Trinajstić information content (AvgIpc) is 3.13. The lowest BCUT2D eigenvalue weighted by Crippen LogP contribution is -2.41. The molecule has 2 heterocycles. The van der Waals surface area contributed by atoms with Crippen molar-refractivity contribution in [2.24, 2.45) is 0 Å². The fourth-order valence-corrected chi connectivity index (χ4v) is 2.99. The van der Waals surface area contributed by atoms with Gasteiger partial charge in [-0.3, -0.25) is 4.79 Å². The average molecular weight is 274 g/mol. The standard InChI is InChI=1S/C15H18N2O3/c1-20-15(19)13-3-2-8-17(13)14(18)11-4-5-12-10(9-11)6-7-16-12/h4-5,9,13,16H,2-3,6-8H2,1H3. The fourth-order valence-electron chi connectivity index (χ4n) is 2.99. The number of anilines is 1. The van der Waals surface area contributed by atoms with E-state index < -0.39 is 6.04 Å². The van der Waals surface area contributed by atoms with E-state index in [-0.39, 0.29) is 11.9 Å². The van der Waals surface area contributed by atoms with Crippen LogP contribution in [0.15, 0.2) is 18.2 Å². The molecule has 1 atom stereocenters. The van der Waals surface area contributed by atoms with Crippen molar-refractivity contribution in [1.29, 1.82) is 0 Å². The monoisotopic (exact) mass is 274 g/mol. The molecule has 1 N–H and O–H groups in total. The van der Waals surface area contributed by atoms with Crippen LogP contribution in [0.4, 0.5) is 5.69 Å². The van der Waals surface area contributed by atoms with Crippen molar-refractivity contribution in [3.8, 4) is 0 Å². The van der Waals surface area contributed by atoms with Crippen LogP contribution in [0, 0.1) is 0 Å². The minimum absolute atomic E-state index is 0.0763. The lowest BCUT2D eigenvalue weighted by molar-refractivity contribution is -0.145. The third-order valence-corrected chi connectivity index (χ3v) is 4.05. The third kappa shape index (κ3) is 2.13. The Morgan fingerprint density at radius 2 is 2.25 bits per heavy atom. The Bertz CT molecular complexity index is 556. The molecular formula is C15H18N2O3. The number of methoxy groups -OCH3 is 1. The van der Waals surface area contributed by atoms with Gasteiger partial charge in [-0.05, 0) is 43.0 Å². The number of hydrogen-bond acceptors (Lipinski definition) is 4. The van der Waals surface area contributed by atoms with Gasteiger partial charge in [-0.2, -0.15) is 0 Å². The summed E-state index contributed by atoms with van der Waals surface area (Å²) in [5.41, 5.74) is 2.93. The summed E-state index contributed by atoms with van der Waals surface area (Å²) in [6.07, 6.45) is 2.47. The number of nitrogens with one attached hydrogen (secondary N) is 1. The SMILES string of the molecule is COC(=O)C1CCCN1C(=O)c1ccc2c(c1)CCN2. The number of ether oxygens (including phenoxy) is 1. The van der Waals surface area contributed by atoms with Crippen LogP contribution in [0.3, 0.4) is 0 Å². The summed E-state index contributed by atoms with van der Waals surface area (Å²) in [5, 5.41) is 3.27. The normalized spacial score (nSPS) is 20.4. The molecule has 20 heavy (non-hydrogen) atoms. The van der Waals surface area contributed by atoms with E-state index in [4.69, 9.17) is 4.74 Å². The number of fused-ring (bicyclic) bond motifs is 1.